The van der Waals surface area contributed by atoms with Gasteiger partial charge < -0.3 is 14.4 Å². The lowest BCUT2D eigenvalue weighted by molar-refractivity contribution is 0.303. The van der Waals surface area contributed by atoms with Crippen LogP contribution in [0, 0.1) is 6.92 Å². The topological polar surface area (TPSA) is 70.8 Å². The van der Waals surface area contributed by atoms with Crippen LogP contribution in [-0.4, -0.2) is 39.1 Å². The summed E-state index contributed by atoms with van der Waals surface area (Å²) in [7, 11) is 3.96. The lowest BCUT2D eigenvalue weighted by Crippen LogP contribution is -2.10. The van der Waals surface area contributed by atoms with Gasteiger partial charge in [-0.15, -0.1) is 0 Å². The second-order valence-electron chi connectivity index (χ2n) is 7.03. The summed E-state index contributed by atoms with van der Waals surface area (Å²) in [6, 6.07) is 10.4. The van der Waals surface area contributed by atoms with Crippen LogP contribution in [0.25, 0.3) is 33.5 Å². The molecule has 4 rings (SSSR count). The van der Waals surface area contributed by atoms with Crippen LogP contribution in [0.1, 0.15) is 24.1 Å². The summed E-state index contributed by atoms with van der Waals surface area (Å²) >= 11 is 0. The van der Waals surface area contributed by atoms with Crippen LogP contribution in [0.4, 0.5) is 0 Å². The largest absolute Gasteiger partial charge is 0.354 e. The third-order valence-electron chi connectivity index (χ3n) is 4.62. The number of pyridine rings is 1. The van der Waals surface area contributed by atoms with E-state index in [0.717, 1.165) is 34.5 Å². The van der Waals surface area contributed by atoms with Gasteiger partial charge in [0.15, 0.2) is 0 Å². The zero-order valence-corrected chi connectivity index (χ0v) is 16.1. The van der Waals surface area contributed by atoms with Crippen molar-refractivity contribution in [3.05, 3.63) is 53.7 Å². The van der Waals surface area contributed by atoms with Crippen LogP contribution in [0.15, 0.2) is 41.1 Å². The van der Waals surface area contributed by atoms with Gasteiger partial charge in [-0.1, -0.05) is 12.1 Å². The summed E-state index contributed by atoms with van der Waals surface area (Å²) in [5, 5.41) is 5.34. The van der Waals surface area contributed by atoms with E-state index in [1.807, 2.05) is 44.2 Å². The molecule has 0 aliphatic heterocycles. The van der Waals surface area contributed by atoms with Gasteiger partial charge in [0.2, 0.25) is 11.7 Å². The smallest absolute Gasteiger partial charge is 0.241 e. The molecule has 0 aliphatic rings. The van der Waals surface area contributed by atoms with E-state index in [9.17, 15) is 0 Å². The van der Waals surface area contributed by atoms with Crippen molar-refractivity contribution in [3.63, 3.8) is 0 Å². The normalized spacial score (nSPS) is 11.6. The van der Waals surface area contributed by atoms with Crippen LogP contribution in [-0.2, 0) is 13.0 Å². The molecule has 1 aromatic carbocycles. The Kier molecular flexibility index (Phi) is 4.49. The fraction of sp³-hybridized carbons (Fsp3) is 0.286. The summed E-state index contributed by atoms with van der Waals surface area (Å²) in [6.45, 7) is 4.82. The maximum atomic E-state index is 5.37. The Labute approximate surface area is 158 Å². The molecule has 6 nitrogen and oxygen atoms in total. The molecule has 4 aromatic rings. The van der Waals surface area contributed by atoms with Crippen LogP contribution >= 0.6 is 0 Å². The maximum absolute atomic E-state index is 5.37. The second kappa shape index (κ2) is 6.96. The summed E-state index contributed by atoms with van der Waals surface area (Å²) in [6.07, 6.45) is 2.78. The SMILES string of the molecule is CCc1c(-c2ccnc(C)c2)[nH]c2ccc(-c3noc(CN(C)C)n3)cc12. The predicted octanol–water partition coefficient (Wildman–Crippen LogP) is 4.21. The van der Waals surface area contributed by atoms with Gasteiger partial charge in [0, 0.05) is 39.6 Å². The van der Waals surface area contributed by atoms with Crippen LogP contribution < -0.4 is 0 Å². The van der Waals surface area contributed by atoms with Gasteiger partial charge in [0.05, 0.1) is 6.54 Å². The Balaban J connectivity index is 1.79. The monoisotopic (exact) mass is 361 g/mol. The van der Waals surface area contributed by atoms with Crippen molar-refractivity contribution in [1.82, 2.24) is 25.0 Å². The molecular weight excluding hydrogens is 338 g/mol. The van der Waals surface area contributed by atoms with Gasteiger partial charge >= 0.3 is 0 Å². The fourth-order valence-corrected chi connectivity index (χ4v) is 3.41. The first kappa shape index (κ1) is 17.4. The summed E-state index contributed by atoms with van der Waals surface area (Å²) in [5.41, 5.74) is 6.67. The Morgan fingerprint density at radius 3 is 2.70 bits per heavy atom. The Morgan fingerprint density at radius 1 is 1.11 bits per heavy atom. The molecule has 6 heteroatoms. The van der Waals surface area contributed by atoms with Gasteiger partial charge in [0.1, 0.15) is 0 Å². The van der Waals surface area contributed by atoms with Crippen molar-refractivity contribution >= 4 is 10.9 Å². The van der Waals surface area contributed by atoms with Crippen molar-refractivity contribution < 1.29 is 4.52 Å². The number of H-pyrrole nitrogens is 1. The molecule has 0 radical (unpaired) electrons. The first-order valence-corrected chi connectivity index (χ1v) is 9.10. The highest BCUT2D eigenvalue weighted by Gasteiger charge is 2.15. The Morgan fingerprint density at radius 2 is 1.96 bits per heavy atom. The molecule has 0 unspecified atom stereocenters. The van der Waals surface area contributed by atoms with E-state index in [2.05, 4.69) is 45.2 Å². The molecule has 3 aromatic heterocycles. The summed E-state index contributed by atoms with van der Waals surface area (Å²) in [4.78, 5) is 14.4. The minimum absolute atomic E-state index is 0.618. The fourth-order valence-electron chi connectivity index (χ4n) is 3.41. The molecule has 0 amide bonds. The van der Waals surface area contributed by atoms with Gasteiger partial charge in [0.25, 0.3) is 0 Å². The van der Waals surface area contributed by atoms with Gasteiger partial charge in [-0.3, -0.25) is 4.98 Å². The van der Waals surface area contributed by atoms with Crippen LogP contribution in [0.2, 0.25) is 0 Å². The highest BCUT2D eigenvalue weighted by molar-refractivity contribution is 5.93. The number of hydrogen-bond acceptors (Lipinski definition) is 5. The van der Waals surface area contributed by atoms with Crippen LogP contribution in [0.5, 0.6) is 0 Å². The number of nitrogens with zero attached hydrogens (tertiary/aromatic N) is 4. The molecule has 3 heterocycles. The zero-order valence-electron chi connectivity index (χ0n) is 16.1. The van der Waals surface area contributed by atoms with Crippen molar-refractivity contribution in [2.75, 3.05) is 14.1 Å². The van der Waals surface area contributed by atoms with E-state index in [0.29, 0.717) is 18.3 Å². The highest BCUT2D eigenvalue weighted by Crippen LogP contribution is 2.33. The molecule has 0 spiro atoms. The van der Waals surface area contributed by atoms with E-state index < -0.39 is 0 Å². The van der Waals surface area contributed by atoms with E-state index in [1.165, 1.54) is 10.9 Å². The number of aryl methyl sites for hydroxylation is 2. The van der Waals surface area contributed by atoms with E-state index in [4.69, 9.17) is 4.52 Å². The maximum Gasteiger partial charge on any atom is 0.241 e. The average molecular weight is 361 g/mol. The molecule has 138 valence electrons. The lowest BCUT2D eigenvalue weighted by Gasteiger charge is -2.03. The van der Waals surface area contributed by atoms with E-state index in [1.54, 1.807) is 0 Å². The van der Waals surface area contributed by atoms with E-state index >= 15 is 0 Å². The molecule has 0 saturated carbocycles. The zero-order chi connectivity index (χ0) is 19.0. The number of hydrogen-bond donors (Lipinski definition) is 1. The second-order valence-corrected chi connectivity index (χ2v) is 7.03. The molecule has 0 bridgehead atoms. The molecule has 1 N–H and O–H groups in total. The molecule has 0 fully saturated rings. The Hall–Kier alpha value is -2.99. The van der Waals surface area contributed by atoms with Gasteiger partial charge in [-0.25, -0.2) is 0 Å². The predicted molar refractivity (Wildman–Crippen MR) is 106 cm³/mol. The molecule has 0 saturated heterocycles. The first-order chi connectivity index (χ1) is 13.0. The minimum Gasteiger partial charge on any atom is -0.354 e. The third kappa shape index (κ3) is 3.36. The third-order valence-corrected chi connectivity index (χ3v) is 4.62. The highest BCUT2D eigenvalue weighted by atomic mass is 16.5. The average Bonchev–Trinajstić information content (AvgIpc) is 3.24. The minimum atomic E-state index is 0.618. The number of fused-ring (bicyclic) bond motifs is 1. The van der Waals surface area contributed by atoms with Crippen molar-refractivity contribution in [1.29, 1.82) is 0 Å². The van der Waals surface area contributed by atoms with Crippen molar-refractivity contribution in [2.45, 2.75) is 26.8 Å². The number of aromatic nitrogens is 4. The van der Waals surface area contributed by atoms with Crippen LogP contribution in [0.3, 0.4) is 0 Å². The molecule has 0 aliphatic carbocycles. The standard InChI is InChI=1S/C21H23N5O/c1-5-16-17-11-15(21-24-19(27-25-21)12-26(3)4)6-7-18(17)23-20(16)14-8-9-22-13(2)10-14/h6-11,23H,5,12H2,1-4H3. The lowest BCUT2D eigenvalue weighted by atomic mass is 10.0. The summed E-state index contributed by atoms with van der Waals surface area (Å²) in [5.74, 6) is 1.24. The number of nitrogens with one attached hydrogen (secondary N) is 1. The quantitative estimate of drug-likeness (QED) is 0.576. The number of aromatic amines is 1. The van der Waals surface area contributed by atoms with Crippen molar-refractivity contribution in [2.24, 2.45) is 0 Å². The van der Waals surface area contributed by atoms with E-state index in [-0.39, 0.29) is 0 Å². The van der Waals surface area contributed by atoms with Gasteiger partial charge in [-0.2, -0.15) is 4.98 Å². The first-order valence-electron chi connectivity index (χ1n) is 9.10. The summed E-state index contributed by atoms with van der Waals surface area (Å²) < 4.78 is 5.37. The molecule has 27 heavy (non-hydrogen) atoms. The Bertz CT molecular complexity index is 1090. The number of benzene rings is 1. The number of rotatable bonds is 5. The molecular formula is C21H23N5O. The van der Waals surface area contributed by atoms with Gasteiger partial charge in [-0.05, 0) is 63.3 Å². The molecule has 0 atom stereocenters. The van der Waals surface area contributed by atoms with Crippen molar-refractivity contribution in [3.8, 4) is 22.6 Å².